The Morgan fingerprint density at radius 3 is 2.36 bits per heavy atom. The zero-order valence-corrected chi connectivity index (χ0v) is 12.7. The van der Waals surface area contributed by atoms with Gasteiger partial charge < -0.3 is 14.8 Å². The van der Waals surface area contributed by atoms with Crippen molar-refractivity contribution >= 4 is 5.91 Å². The van der Waals surface area contributed by atoms with E-state index in [1.54, 1.807) is 6.92 Å². The minimum absolute atomic E-state index is 0.146. The third-order valence-electron chi connectivity index (χ3n) is 3.08. The first-order valence-electron chi connectivity index (χ1n) is 7.37. The molecule has 0 aliphatic rings. The van der Waals surface area contributed by atoms with E-state index in [9.17, 15) is 4.79 Å². The number of rotatable bonds is 8. The van der Waals surface area contributed by atoms with Crippen LogP contribution in [0.15, 0.2) is 60.7 Å². The van der Waals surface area contributed by atoms with Crippen LogP contribution in [0.3, 0.4) is 0 Å². The molecule has 0 radical (unpaired) electrons. The molecule has 0 saturated carbocycles. The quantitative estimate of drug-likeness (QED) is 0.763. The number of carbonyl (C=O) groups is 1. The van der Waals surface area contributed by atoms with Crippen molar-refractivity contribution in [1.82, 2.24) is 5.32 Å². The molecule has 2 rings (SSSR count). The lowest BCUT2D eigenvalue weighted by Crippen LogP contribution is -2.38. The summed E-state index contributed by atoms with van der Waals surface area (Å²) in [7, 11) is 0. The van der Waals surface area contributed by atoms with Crippen LogP contribution < -0.4 is 10.1 Å². The molecule has 1 atom stereocenters. The fourth-order valence-electron chi connectivity index (χ4n) is 1.91. The van der Waals surface area contributed by atoms with Crippen LogP contribution in [0.5, 0.6) is 5.75 Å². The van der Waals surface area contributed by atoms with Crippen molar-refractivity contribution in [3.05, 3.63) is 66.2 Å². The van der Waals surface area contributed by atoms with Crippen LogP contribution in [0, 0.1) is 0 Å². The molecule has 0 heterocycles. The van der Waals surface area contributed by atoms with Crippen LogP contribution in [-0.2, 0) is 16.1 Å². The fourth-order valence-corrected chi connectivity index (χ4v) is 1.91. The predicted octanol–water partition coefficient (Wildman–Crippen LogP) is 2.79. The van der Waals surface area contributed by atoms with Crippen LogP contribution in [0.1, 0.15) is 12.5 Å². The normalized spacial score (nSPS) is 11.7. The SMILES string of the molecule is CC(Oc1ccccc1)C(=O)NCCOCc1ccccc1. The van der Waals surface area contributed by atoms with Gasteiger partial charge in [-0.25, -0.2) is 0 Å². The lowest BCUT2D eigenvalue weighted by Gasteiger charge is -2.14. The fraction of sp³-hybridized carbons (Fsp3) is 0.278. The zero-order valence-electron chi connectivity index (χ0n) is 12.7. The average molecular weight is 299 g/mol. The summed E-state index contributed by atoms with van der Waals surface area (Å²) in [5.74, 6) is 0.539. The highest BCUT2D eigenvalue weighted by Gasteiger charge is 2.13. The molecule has 0 spiro atoms. The largest absolute Gasteiger partial charge is 0.481 e. The number of benzene rings is 2. The Balaban J connectivity index is 1.61. The molecule has 0 aliphatic heterocycles. The second-order valence-electron chi connectivity index (χ2n) is 4.90. The summed E-state index contributed by atoms with van der Waals surface area (Å²) in [6.45, 7) is 3.22. The number of hydrogen-bond acceptors (Lipinski definition) is 3. The maximum Gasteiger partial charge on any atom is 0.260 e. The van der Waals surface area contributed by atoms with Gasteiger partial charge in [0.2, 0.25) is 0 Å². The number of amides is 1. The summed E-state index contributed by atoms with van der Waals surface area (Å²) in [6.07, 6.45) is -0.531. The standard InChI is InChI=1S/C18H21NO3/c1-15(22-17-10-6-3-7-11-17)18(20)19-12-13-21-14-16-8-4-2-5-9-16/h2-11,15H,12-14H2,1H3,(H,19,20). The van der Waals surface area contributed by atoms with E-state index < -0.39 is 6.10 Å². The van der Waals surface area contributed by atoms with E-state index in [0.717, 1.165) is 5.56 Å². The monoisotopic (exact) mass is 299 g/mol. The average Bonchev–Trinajstić information content (AvgIpc) is 2.56. The van der Waals surface area contributed by atoms with Gasteiger partial charge in [-0.2, -0.15) is 0 Å². The van der Waals surface area contributed by atoms with E-state index >= 15 is 0 Å². The molecule has 2 aromatic carbocycles. The van der Waals surface area contributed by atoms with Crippen molar-refractivity contribution in [3.63, 3.8) is 0 Å². The molecular formula is C18H21NO3. The van der Waals surface area contributed by atoms with Gasteiger partial charge in [0.25, 0.3) is 5.91 Å². The first-order chi connectivity index (χ1) is 10.8. The molecule has 4 nitrogen and oxygen atoms in total. The van der Waals surface area contributed by atoms with Gasteiger partial charge >= 0.3 is 0 Å². The second kappa shape index (κ2) is 8.85. The molecule has 0 aliphatic carbocycles. The Morgan fingerprint density at radius 2 is 1.68 bits per heavy atom. The second-order valence-corrected chi connectivity index (χ2v) is 4.90. The van der Waals surface area contributed by atoms with Crippen LogP contribution in [0.4, 0.5) is 0 Å². The molecule has 0 aromatic heterocycles. The van der Waals surface area contributed by atoms with Gasteiger partial charge in [0, 0.05) is 6.54 Å². The van der Waals surface area contributed by atoms with Gasteiger partial charge in [-0.15, -0.1) is 0 Å². The maximum absolute atomic E-state index is 11.9. The molecule has 1 amide bonds. The van der Waals surface area contributed by atoms with Crippen molar-refractivity contribution in [2.75, 3.05) is 13.2 Å². The van der Waals surface area contributed by atoms with Crippen LogP contribution >= 0.6 is 0 Å². The third-order valence-corrected chi connectivity index (χ3v) is 3.08. The Bertz CT molecular complexity index is 557. The van der Waals surface area contributed by atoms with Gasteiger partial charge in [0.15, 0.2) is 6.10 Å². The van der Waals surface area contributed by atoms with Crippen molar-refractivity contribution in [1.29, 1.82) is 0 Å². The van der Waals surface area contributed by atoms with E-state index in [1.165, 1.54) is 0 Å². The highest BCUT2D eigenvalue weighted by atomic mass is 16.5. The molecule has 116 valence electrons. The summed E-state index contributed by atoms with van der Waals surface area (Å²) in [5, 5.41) is 2.80. The summed E-state index contributed by atoms with van der Waals surface area (Å²) < 4.78 is 11.1. The molecular weight excluding hydrogens is 278 g/mol. The van der Waals surface area contributed by atoms with Crippen LogP contribution in [0.2, 0.25) is 0 Å². The Morgan fingerprint density at radius 1 is 1.05 bits per heavy atom. The summed E-state index contributed by atoms with van der Waals surface area (Å²) in [5.41, 5.74) is 1.12. The lowest BCUT2D eigenvalue weighted by atomic mass is 10.2. The van der Waals surface area contributed by atoms with E-state index in [0.29, 0.717) is 25.5 Å². The number of ether oxygens (including phenoxy) is 2. The van der Waals surface area contributed by atoms with Gasteiger partial charge in [-0.3, -0.25) is 4.79 Å². The van der Waals surface area contributed by atoms with Crippen molar-refractivity contribution in [2.45, 2.75) is 19.6 Å². The third kappa shape index (κ3) is 5.58. The Kier molecular flexibility index (Phi) is 6.45. The Hall–Kier alpha value is -2.33. The summed E-state index contributed by atoms with van der Waals surface area (Å²) in [4.78, 5) is 11.9. The Labute approximate surface area is 131 Å². The van der Waals surface area contributed by atoms with E-state index in [4.69, 9.17) is 9.47 Å². The van der Waals surface area contributed by atoms with E-state index in [2.05, 4.69) is 5.32 Å². The summed E-state index contributed by atoms with van der Waals surface area (Å²) in [6, 6.07) is 19.2. The topological polar surface area (TPSA) is 47.6 Å². The predicted molar refractivity (Wildman–Crippen MR) is 85.6 cm³/mol. The van der Waals surface area contributed by atoms with Gasteiger partial charge in [-0.1, -0.05) is 48.5 Å². The molecule has 0 saturated heterocycles. The number of nitrogens with one attached hydrogen (secondary N) is 1. The van der Waals surface area contributed by atoms with Gasteiger partial charge in [0.1, 0.15) is 5.75 Å². The molecule has 4 heteroatoms. The van der Waals surface area contributed by atoms with Crippen molar-refractivity contribution in [3.8, 4) is 5.75 Å². The number of carbonyl (C=O) groups excluding carboxylic acids is 1. The van der Waals surface area contributed by atoms with E-state index in [-0.39, 0.29) is 5.91 Å². The molecule has 1 unspecified atom stereocenters. The van der Waals surface area contributed by atoms with Crippen molar-refractivity contribution in [2.24, 2.45) is 0 Å². The molecule has 0 bridgehead atoms. The number of para-hydroxylation sites is 1. The molecule has 0 fully saturated rings. The highest BCUT2D eigenvalue weighted by molar-refractivity contribution is 5.80. The summed E-state index contributed by atoms with van der Waals surface area (Å²) >= 11 is 0. The van der Waals surface area contributed by atoms with Crippen LogP contribution in [0.25, 0.3) is 0 Å². The highest BCUT2D eigenvalue weighted by Crippen LogP contribution is 2.10. The molecule has 2 aromatic rings. The van der Waals surface area contributed by atoms with Gasteiger partial charge in [0.05, 0.1) is 13.2 Å². The first-order valence-corrected chi connectivity index (χ1v) is 7.37. The van der Waals surface area contributed by atoms with E-state index in [1.807, 2.05) is 60.7 Å². The molecule has 1 N–H and O–H groups in total. The first kappa shape index (κ1) is 16.0. The van der Waals surface area contributed by atoms with Crippen LogP contribution in [-0.4, -0.2) is 25.2 Å². The minimum atomic E-state index is -0.531. The maximum atomic E-state index is 11.9. The smallest absolute Gasteiger partial charge is 0.260 e. The van der Waals surface area contributed by atoms with Crippen molar-refractivity contribution < 1.29 is 14.3 Å². The molecule has 22 heavy (non-hydrogen) atoms. The minimum Gasteiger partial charge on any atom is -0.481 e. The zero-order chi connectivity index (χ0) is 15.6. The number of hydrogen-bond donors (Lipinski definition) is 1. The van der Waals surface area contributed by atoms with Gasteiger partial charge in [-0.05, 0) is 24.6 Å². The lowest BCUT2D eigenvalue weighted by molar-refractivity contribution is -0.127.